The number of hydrogen-bond donors (Lipinski definition) is 2. The minimum absolute atomic E-state index is 0.0305. The van der Waals surface area contributed by atoms with Crippen molar-refractivity contribution < 1.29 is 31.2 Å². The zero-order chi connectivity index (χ0) is 30.1. The third-order valence-electron chi connectivity index (χ3n) is 5.89. The predicted molar refractivity (Wildman–Crippen MR) is 159 cm³/mol. The van der Waals surface area contributed by atoms with Gasteiger partial charge in [0.25, 0.3) is 37.8 Å². The summed E-state index contributed by atoms with van der Waals surface area (Å²) in [6, 6.07) is 17.5. The number of carbonyl (C=O) groups excluding carboxylic acids is 3. The summed E-state index contributed by atoms with van der Waals surface area (Å²) in [5, 5.41) is 3.19. The average molecular weight is 644 g/mol. The number of carbonyl (C=O) groups is 3. The van der Waals surface area contributed by atoms with Crippen molar-refractivity contribution in [3.8, 4) is 0 Å². The summed E-state index contributed by atoms with van der Waals surface area (Å²) < 4.78 is 56.1. The van der Waals surface area contributed by atoms with E-state index in [1.54, 1.807) is 22.9 Å². The second kappa shape index (κ2) is 11.5. The topological polar surface area (TPSA) is 162 Å². The molecule has 2 aromatic heterocycles. The molecule has 2 aromatic carbocycles. The van der Waals surface area contributed by atoms with Crippen LogP contribution in [-0.4, -0.2) is 63.9 Å². The number of aliphatic imine (C=N–C) groups is 1. The molecule has 0 aliphatic carbocycles. The number of hydrogen-bond acceptors (Lipinski definition) is 9. The summed E-state index contributed by atoms with van der Waals surface area (Å²) in [5.74, 6) is -2.83. The van der Waals surface area contributed by atoms with Gasteiger partial charge < -0.3 is 4.90 Å². The number of benzene rings is 2. The Hall–Kier alpha value is -4.38. The Kier molecular flexibility index (Phi) is 7.96. The molecule has 16 heteroatoms. The minimum atomic E-state index is -4.02. The Morgan fingerprint density at radius 1 is 0.762 bits per heavy atom. The van der Waals surface area contributed by atoms with Gasteiger partial charge in [-0.05, 0) is 47.2 Å². The number of nitrogens with zero attached hydrogens (tertiary/aromatic N) is 3. The Labute approximate surface area is 249 Å². The number of amides is 3. The van der Waals surface area contributed by atoms with Crippen LogP contribution in [0.3, 0.4) is 0 Å². The van der Waals surface area contributed by atoms with Gasteiger partial charge in [0.15, 0.2) is 0 Å². The van der Waals surface area contributed by atoms with Crippen molar-refractivity contribution in [3.05, 3.63) is 94.7 Å². The molecule has 1 aliphatic rings. The molecule has 5 rings (SSSR count). The molecule has 12 nitrogen and oxygen atoms in total. The quantitative estimate of drug-likeness (QED) is 0.276. The molecule has 0 bridgehead atoms. The summed E-state index contributed by atoms with van der Waals surface area (Å²) in [7, 11) is -6.55. The first-order chi connectivity index (χ1) is 20.0. The number of guanidine groups is 1. The maximum absolute atomic E-state index is 13.7. The Bertz CT molecular complexity index is 1920. The van der Waals surface area contributed by atoms with E-state index in [-0.39, 0.29) is 43.4 Å². The standard InChI is InChI=1S/C26H21N5O7S4/c1-30-16-21(32)31(25(34)18-9-3-5-11-20(18)29-42(37,38)23-13-7-15-40-23)26(30)27-24(33)17-8-2-4-10-19(17)28-41(35,36)22-12-6-14-39-22/h2-15,28-29H,16H2,1H3. The molecule has 0 spiro atoms. The Morgan fingerprint density at radius 2 is 1.26 bits per heavy atom. The molecular weight excluding hydrogens is 623 g/mol. The molecule has 1 aliphatic heterocycles. The fourth-order valence-electron chi connectivity index (χ4n) is 3.98. The van der Waals surface area contributed by atoms with Crippen LogP contribution in [0.15, 0.2) is 97.0 Å². The summed E-state index contributed by atoms with van der Waals surface area (Å²) >= 11 is 1.99. The fraction of sp³-hybridized carbons (Fsp3) is 0.0769. The molecular formula is C26H21N5O7S4. The zero-order valence-corrected chi connectivity index (χ0v) is 24.9. The van der Waals surface area contributed by atoms with Crippen LogP contribution in [0.2, 0.25) is 0 Å². The van der Waals surface area contributed by atoms with Gasteiger partial charge in [0.05, 0.1) is 22.5 Å². The van der Waals surface area contributed by atoms with Gasteiger partial charge in [-0.25, -0.2) is 21.7 Å². The van der Waals surface area contributed by atoms with Crippen molar-refractivity contribution in [3.63, 3.8) is 0 Å². The molecule has 3 amide bonds. The number of nitrogens with one attached hydrogen (secondary N) is 2. The molecule has 1 fully saturated rings. The number of rotatable bonds is 8. The molecule has 2 N–H and O–H groups in total. The highest BCUT2D eigenvalue weighted by atomic mass is 32.3. The minimum Gasteiger partial charge on any atom is -0.335 e. The smallest absolute Gasteiger partial charge is 0.282 e. The molecule has 0 saturated carbocycles. The van der Waals surface area contributed by atoms with E-state index in [0.29, 0.717) is 4.90 Å². The number of anilines is 2. The number of imide groups is 1. The Balaban J connectivity index is 1.47. The van der Waals surface area contributed by atoms with E-state index in [4.69, 9.17) is 0 Å². The van der Waals surface area contributed by atoms with Gasteiger partial charge in [0, 0.05) is 7.05 Å². The van der Waals surface area contributed by atoms with E-state index in [9.17, 15) is 31.2 Å². The molecule has 0 unspecified atom stereocenters. The van der Waals surface area contributed by atoms with Gasteiger partial charge in [-0.1, -0.05) is 36.4 Å². The van der Waals surface area contributed by atoms with E-state index in [0.717, 1.165) is 22.7 Å². The lowest BCUT2D eigenvalue weighted by Crippen LogP contribution is -2.39. The number of para-hydroxylation sites is 2. The second-order valence-corrected chi connectivity index (χ2v) is 14.5. The number of thiophene rings is 2. The largest absolute Gasteiger partial charge is 0.335 e. The van der Waals surface area contributed by atoms with Crippen molar-refractivity contribution in [1.82, 2.24) is 9.80 Å². The fourth-order valence-corrected chi connectivity index (χ4v) is 8.12. The lowest BCUT2D eigenvalue weighted by atomic mass is 10.1. The first-order valence-corrected chi connectivity index (χ1v) is 16.7. The van der Waals surface area contributed by atoms with E-state index in [1.165, 1.54) is 72.6 Å². The zero-order valence-electron chi connectivity index (χ0n) is 21.6. The van der Waals surface area contributed by atoms with Crippen molar-refractivity contribution in [2.24, 2.45) is 4.99 Å². The van der Waals surface area contributed by atoms with Crippen LogP contribution in [-0.2, 0) is 24.8 Å². The number of likely N-dealkylation sites (N-methyl/N-ethyl adjacent to an activating group) is 1. The highest BCUT2D eigenvalue weighted by Crippen LogP contribution is 2.27. The molecule has 0 atom stereocenters. The van der Waals surface area contributed by atoms with Gasteiger partial charge in [-0.2, -0.15) is 4.99 Å². The van der Waals surface area contributed by atoms with Crippen LogP contribution in [0.4, 0.5) is 11.4 Å². The van der Waals surface area contributed by atoms with Crippen molar-refractivity contribution in [1.29, 1.82) is 0 Å². The maximum atomic E-state index is 13.7. The first-order valence-electron chi connectivity index (χ1n) is 12.0. The normalized spacial score (nSPS) is 14.8. The summed E-state index contributed by atoms with van der Waals surface area (Å²) in [6.45, 7) is -0.284. The molecule has 42 heavy (non-hydrogen) atoms. The molecule has 1 saturated heterocycles. The predicted octanol–water partition coefficient (Wildman–Crippen LogP) is 3.52. The SMILES string of the molecule is CN1CC(=O)N(C(=O)c2ccccc2NS(=O)(=O)c2cccs2)C1=NC(=O)c1ccccc1NS(=O)(=O)c1cccs1. The average Bonchev–Trinajstić information content (AvgIpc) is 3.72. The lowest BCUT2D eigenvalue weighted by molar-refractivity contribution is -0.123. The summed E-state index contributed by atoms with van der Waals surface area (Å²) in [6.07, 6.45) is 0. The van der Waals surface area contributed by atoms with E-state index >= 15 is 0 Å². The monoisotopic (exact) mass is 643 g/mol. The van der Waals surface area contributed by atoms with Gasteiger partial charge >= 0.3 is 0 Å². The van der Waals surface area contributed by atoms with Crippen molar-refractivity contribution >= 4 is 77.8 Å². The van der Waals surface area contributed by atoms with Crippen LogP contribution < -0.4 is 9.44 Å². The number of sulfonamides is 2. The van der Waals surface area contributed by atoms with Crippen LogP contribution >= 0.6 is 22.7 Å². The molecule has 4 aromatic rings. The summed E-state index contributed by atoms with van der Waals surface area (Å²) in [5.41, 5.74) is -0.379. The maximum Gasteiger partial charge on any atom is 0.282 e. The van der Waals surface area contributed by atoms with Crippen LogP contribution in [0.25, 0.3) is 0 Å². The molecule has 216 valence electrons. The Morgan fingerprint density at radius 3 is 1.79 bits per heavy atom. The van der Waals surface area contributed by atoms with Gasteiger partial charge in [-0.15, -0.1) is 22.7 Å². The highest BCUT2D eigenvalue weighted by molar-refractivity contribution is 7.95. The van der Waals surface area contributed by atoms with Crippen molar-refractivity contribution in [2.45, 2.75) is 8.42 Å². The molecule has 0 radical (unpaired) electrons. The van der Waals surface area contributed by atoms with Crippen LogP contribution in [0, 0.1) is 0 Å². The first kappa shape index (κ1) is 29.1. The van der Waals surface area contributed by atoms with E-state index in [2.05, 4.69) is 14.4 Å². The van der Waals surface area contributed by atoms with E-state index in [1.807, 2.05) is 0 Å². The summed E-state index contributed by atoms with van der Waals surface area (Å²) in [4.78, 5) is 46.0. The third kappa shape index (κ3) is 5.82. The second-order valence-electron chi connectivity index (χ2n) is 8.77. The molecule has 3 heterocycles. The van der Waals surface area contributed by atoms with Crippen LogP contribution in [0.5, 0.6) is 0 Å². The lowest BCUT2D eigenvalue weighted by Gasteiger charge is -2.19. The van der Waals surface area contributed by atoms with Gasteiger partial charge in [-0.3, -0.25) is 23.8 Å². The highest BCUT2D eigenvalue weighted by Gasteiger charge is 2.39. The van der Waals surface area contributed by atoms with E-state index < -0.39 is 37.8 Å². The third-order valence-corrected chi connectivity index (χ3v) is 11.4. The van der Waals surface area contributed by atoms with Gasteiger partial charge in [0.2, 0.25) is 5.96 Å². The van der Waals surface area contributed by atoms with Crippen molar-refractivity contribution in [2.75, 3.05) is 23.0 Å². The van der Waals surface area contributed by atoms with Gasteiger partial charge in [0.1, 0.15) is 15.0 Å². The van der Waals surface area contributed by atoms with Crippen LogP contribution in [0.1, 0.15) is 20.7 Å².